The van der Waals surface area contributed by atoms with E-state index in [-0.39, 0.29) is 11.5 Å². The summed E-state index contributed by atoms with van der Waals surface area (Å²) in [6.45, 7) is 2.01. The van der Waals surface area contributed by atoms with E-state index in [1.807, 2.05) is 31.2 Å². The molecule has 2 aromatic carbocycles. The van der Waals surface area contributed by atoms with E-state index in [4.69, 9.17) is 27.6 Å². The molecule has 0 unspecified atom stereocenters. The minimum Gasteiger partial charge on any atom is -0.411 e. The molecule has 3 aromatic rings. The van der Waals surface area contributed by atoms with Crippen LogP contribution in [-0.4, -0.2) is 21.7 Å². The van der Waals surface area contributed by atoms with E-state index >= 15 is 0 Å². The number of carbonyl (C=O) groups is 1. The van der Waals surface area contributed by atoms with Crippen LogP contribution in [-0.2, 0) is 0 Å². The maximum atomic E-state index is 12.2. The van der Waals surface area contributed by atoms with Gasteiger partial charge in [-0.05, 0) is 37.3 Å². The third-order valence-corrected chi connectivity index (χ3v) is 4.83. The van der Waals surface area contributed by atoms with E-state index < -0.39 is 0 Å². The predicted octanol–water partition coefficient (Wildman–Crippen LogP) is 5.33. The maximum Gasteiger partial charge on any atom is 0.277 e. The molecule has 24 heavy (non-hydrogen) atoms. The Morgan fingerprint density at radius 3 is 2.54 bits per heavy atom. The smallest absolute Gasteiger partial charge is 0.277 e. The highest BCUT2D eigenvalue weighted by Crippen LogP contribution is 2.26. The van der Waals surface area contributed by atoms with E-state index in [0.717, 1.165) is 11.1 Å². The van der Waals surface area contributed by atoms with Gasteiger partial charge in [-0.1, -0.05) is 52.7 Å². The normalized spacial score (nSPS) is 10.8. The second-order valence-electron chi connectivity index (χ2n) is 5.08. The molecule has 0 saturated carbocycles. The molecule has 0 amide bonds. The van der Waals surface area contributed by atoms with Crippen LogP contribution in [0.2, 0.25) is 10.0 Å². The number of nitrogens with zero attached hydrogens (tertiary/aromatic N) is 2. The van der Waals surface area contributed by atoms with Crippen molar-refractivity contribution in [2.75, 3.05) is 5.75 Å². The number of aromatic nitrogens is 2. The summed E-state index contributed by atoms with van der Waals surface area (Å²) in [7, 11) is 0. The van der Waals surface area contributed by atoms with E-state index in [0.29, 0.717) is 26.7 Å². The molecule has 0 atom stereocenters. The lowest BCUT2D eigenvalue weighted by atomic mass is 10.1. The van der Waals surface area contributed by atoms with Crippen LogP contribution in [0.4, 0.5) is 0 Å². The summed E-state index contributed by atoms with van der Waals surface area (Å²) in [5, 5.41) is 9.08. The number of carbonyl (C=O) groups excluding carboxylic acids is 1. The van der Waals surface area contributed by atoms with Gasteiger partial charge >= 0.3 is 0 Å². The lowest BCUT2D eigenvalue weighted by molar-refractivity contribution is 0.102. The van der Waals surface area contributed by atoms with Gasteiger partial charge in [0.1, 0.15) is 0 Å². The first kappa shape index (κ1) is 17.0. The fourth-order valence-electron chi connectivity index (χ4n) is 1.96. The van der Waals surface area contributed by atoms with Crippen LogP contribution >= 0.6 is 35.0 Å². The molecule has 0 fully saturated rings. The van der Waals surface area contributed by atoms with Gasteiger partial charge in [0.15, 0.2) is 5.78 Å². The Morgan fingerprint density at radius 2 is 1.83 bits per heavy atom. The minimum atomic E-state index is -0.0892. The first-order valence-electron chi connectivity index (χ1n) is 7.04. The summed E-state index contributed by atoms with van der Waals surface area (Å²) in [5.74, 6) is 0.515. The highest BCUT2D eigenvalue weighted by molar-refractivity contribution is 7.99. The molecule has 122 valence electrons. The highest BCUT2D eigenvalue weighted by atomic mass is 35.5. The van der Waals surface area contributed by atoms with Gasteiger partial charge in [0.25, 0.3) is 5.22 Å². The van der Waals surface area contributed by atoms with Gasteiger partial charge in [0, 0.05) is 11.1 Å². The number of hydrogen-bond donors (Lipinski definition) is 0. The molecular formula is C17H12Cl2N2O2S. The Bertz CT molecular complexity index is 879. The summed E-state index contributed by atoms with van der Waals surface area (Å²) >= 11 is 13.0. The van der Waals surface area contributed by atoms with Crippen LogP contribution in [0.3, 0.4) is 0 Å². The van der Waals surface area contributed by atoms with Gasteiger partial charge in [-0.3, -0.25) is 4.79 Å². The van der Waals surface area contributed by atoms with Crippen LogP contribution in [0.5, 0.6) is 0 Å². The van der Waals surface area contributed by atoms with Gasteiger partial charge in [0.2, 0.25) is 5.89 Å². The van der Waals surface area contributed by atoms with Crippen molar-refractivity contribution in [3.63, 3.8) is 0 Å². The van der Waals surface area contributed by atoms with Crippen LogP contribution in [0.1, 0.15) is 15.9 Å². The number of halogens is 2. The van der Waals surface area contributed by atoms with Crippen molar-refractivity contribution in [2.45, 2.75) is 12.1 Å². The number of aryl methyl sites for hydroxylation is 1. The standard InChI is InChI=1S/C17H12Cl2N2O2S/c1-10-2-4-11(5-3-10)16-20-21-17(23-16)24-9-15(22)12-6-7-13(18)14(19)8-12/h2-8H,9H2,1H3. The average Bonchev–Trinajstić information content (AvgIpc) is 3.05. The zero-order valence-corrected chi connectivity index (χ0v) is 15.0. The Kier molecular flexibility index (Phi) is 5.23. The van der Waals surface area contributed by atoms with Gasteiger partial charge in [-0.2, -0.15) is 0 Å². The van der Waals surface area contributed by atoms with E-state index in [9.17, 15) is 4.79 Å². The predicted molar refractivity (Wildman–Crippen MR) is 96.0 cm³/mol. The molecule has 0 radical (unpaired) electrons. The van der Waals surface area contributed by atoms with Crippen LogP contribution < -0.4 is 0 Å². The number of rotatable bonds is 5. The zero-order valence-electron chi connectivity index (χ0n) is 12.6. The molecule has 0 aliphatic heterocycles. The summed E-state index contributed by atoms with van der Waals surface area (Å²) in [6.07, 6.45) is 0. The number of benzene rings is 2. The first-order chi connectivity index (χ1) is 11.5. The van der Waals surface area contributed by atoms with E-state index in [2.05, 4.69) is 10.2 Å². The molecule has 1 aromatic heterocycles. The van der Waals surface area contributed by atoms with E-state index in [1.165, 1.54) is 11.8 Å². The Labute approximate surface area is 153 Å². The van der Waals surface area contributed by atoms with Crippen molar-refractivity contribution in [2.24, 2.45) is 0 Å². The van der Waals surface area contributed by atoms with Gasteiger partial charge in [-0.25, -0.2) is 0 Å². The molecule has 0 spiro atoms. The van der Waals surface area contributed by atoms with Crippen LogP contribution in [0, 0.1) is 6.92 Å². The number of ketones is 1. The summed E-state index contributed by atoms with van der Waals surface area (Å²) in [4.78, 5) is 12.2. The van der Waals surface area contributed by atoms with E-state index in [1.54, 1.807) is 18.2 Å². The molecule has 0 saturated heterocycles. The van der Waals surface area contributed by atoms with Gasteiger partial charge in [-0.15, -0.1) is 10.2 Å². The van der Waals surface area contributed by atoms with Gasteiger partial charge in [0.05, 0.1) is 15.8 Å². The third kappa shape index (κ3) is 3.98. The highest BCUT2D eigenvalue weighted by Gasteiger charge is 2.13. The largest absolute Gasteiger partial charge is 0.411 e. The third-order valence-electron chi connectivity index (χ3n) is 3.27. The first-order valence-corrected chi connectivity index (χ1v) is 8.78. The Morgan fingerprint density at radius 1 is 1.08 bits per heavy atom. The van der Waals surface area contributed by atoms with Crippen molar-refractivity contribution >= 4 is 40.7 Å². The SMILES string of the molecule is Cc1ccc(-c2nnc(SCC(=O)c3ccc(Cl)c(Cl)c3)o2)cc1. The molecule has 7 heteroatoms. The minimum absolute atomic E-state index is 0.0892. The molecule has 0 aliphatic rings. The second-order valence-corrected chi connectivity index (χ2v) is 6.82. The van der Waals surface area contributed by atoms with Crippen molar-refractivity contribution < 1.29 is 9.21 Å². The topological polar surface area (TPSA) is 56.0 Å². The van der Waals surface area contributed by atoms with Crippen LogP contribution in [0.25, 0.3) is 11.5 Å². The monoisotopic (exact) mass is 378 g/mol. The Balaban J connectivity index is 1.65. The molecule has 4 nitrogen and oxygen atoms in total. The van der Waals surface area contributed by atoms with Crippen molar-refractivity contribution in [3.8, 4) is 11.5 Å². The zero-order chi connectivity index (χ0) is 17.1. The fourth-order valence-corrected chi connectivity index (χ4v) is 2.92. The summed E-state index contributed by atoms with van der Waals surface area (Å²) in [5.41, 5.74) is 2.49. The number of hydrogen-bond acceptors (Lipinski definition) is 5. The number of Topliss-reactive ketones (excluding diaryl/α,β-unsaturated/α-hetero) is 1. The average molecular weight is 379 g/mol. The summed E-state index contributed by atoms with van der Waals surface area (Å²) < 4.78 is 5.58. The summed E-state index contributed by atoms with van der Waals surface area (Å²) in [6, 6.07) is 12.6. The van der Waals surface area contributed by atoms with Crippen molar-refractivity contribution in [1.82, 2.24) is 10.2 Å². The quantitative estimate of drug-likeness (QED) is 0.443. The van der Waals surface area contributed by atoms with Crippen molar-refractivity contribution in [1.29, 1.82) is 0 Å². The molecule has 1 heterocycles. The molecular weight excluding hydrogens is 367 g/mol. The molecule has 0 N–H and O–H groups in total. The van der Waals surface area contributed by atoms with Gasteiger partial charge < -0.3 is 4.42 Å². The second kappa shape index (κ2) is 7.38. The van der Waals surface area contributed by atoms with Crippen LogP contribution in [0.15, 0.2) is 52.1 Å². The fraction of sp³-hybridized carbons (Fsp3) is 0.118. The Hall–Kier alpha value is -1.82. The lowest BCUT2D eigenvalue weighted by Gasteiger charge is -2.01. The lowest BCUT2D eigenvalue weighted by Crippen LogP contribution is -2.02. The molecule has 0 bridgehead atoms. The maximum absolute atomic E-state index is 12.2. The number of thioether (sulfide) groups is 1. The molecule has 3 rings (SSSR count). The van der Waals surface area contributed by atoms with Crippen molar-refractivity contribution in [3.05, 3.63) is 63.6 Å². The molecule has 0 aliphatic carbocycles.